The Hall–Kier alpha value is -2.37. The first-order valence-corrected chi connectivity index (χ1v) is 7.12. The molecule has 1 N–H and O–H groups in total. The molecule has 3 rings (SSSR count). The van der Waals surface area contributed by atoms with Gasteiger partial charge >= 0.3 is 12.0 Å². The highest BCUT2D eigenvalue weighted by Gasteiger charge is 2.13. The lowest BCUT2D eigenvalue weighted by Crippen LogP contribution is -2.06. The Kier molecular flexibility index (Phi) is 3.85. The van der Waals surface area contributed by atoms with E-state index in [2.05, 4.69) is 32.4 Å². The summed E-state index contributed by atoms with van der Waals surface area (Å²) in [6, 6.07) is 6.59. The van der Waals surface area contributed by atoms with E-state index in [0.29, 0.717) is 12.5 Å². The van der Waals surface area contributed by atoms with Crippen LogP contribution in [0.4, 0.5) is 5.95 Å². The topological polar surface area (TPSA) is 69.2 Å². The Bertz CT molecular complexity index is 646. The SMILES string of the molecule is CCNc1nc(OC)nc(Oc2ccc3c(c2)CCC3)n1. The summed E-state index contributed by atoms with van der Waals surface area (Å²) in [7, 11) is 1.52. The van der Waals surface area contributed by atoms with Gasteiger partial charge in [0.2, 0.25) is 5.95 Å². The molecule has 0 unspecified atom stereocenters. The van der Waals surface area contributed by atoms with Gasteiger partial charge in [-0.3, -0.25) is 0 Å². The minimum atomic E-state index is 0.232. The van der Waals surface area contributed by atoms with Gasteiger partial charge in [-0.15, -0.1) is 4.98 Å². The molecular formula is C15H18N4O2. The molecule has 6 heteroatoms. The molecule has 0 saturated carbocycles. The summed E-state index contributed by atoms with van der Waals surface area (Å²) < 4.78 is 10.8. The van der Waals surface area contributed by atoms with Crippen LogP contribution in [0.15, 0.2) is 18.2 Å². The van der Waals surface area contributed by atoms with Crippen LogP contribution in [0.1, 0.15) is 24.5 Å². The zero-order valence-electron chi connectivity index (χ0n) is 12.2. The van der Waals surface area contributed by atoms with E-state index in [4.69, 9.17) is 9.47 Å². The summed E-state index contributed by atoms with van der Waals surface area (Å²) in [5, 5.41) is 3.03. The van der Waals surface area contributed by atoms with Crippen LogP contribution < -0.4 is 14.8 Å². The van der Waals surface area contributed by atoms with Gasteiger partial charge in [-0.1, -0.05) is 6.07 Å². The number of aromatic nitrogens is 3. The number of hydrogen-bond acceptors (Lipinski definition) is 6. The Morgan fingerprint density at radius 2 is 1.90 bits per heavy atom. The Balaban J connectivity index is 1.85. The molecule has 0 aliphatic heterocycles. The van der Waals surface area contributed by atoms with Gasteiger partial charge in [0.1, 0.15) is 5.75 Å². The van der Waals surface area contributed by atoms with Crippen molar-refractivity contribution in [2.24, 2.45) is 0 Å². The number of nitrogens with zero attached hydrogens (tertiary/aromatic N) is 3. The minimum absolute atomic E-state index is 0.232. The second-order valence-corrected chi connectivity index (χ2v) is 4.84. The molecular weight excluding hydrogens is 268 g/mol. The molecule has 0 atom stereocenters. The fourth-order valence-electron chi connectivity index (χ4n) is 2.43. The first-order chi connectivity index (χ1) is 10.3. The van der Waals surface area contributed by atoms with Gasteiger partial charge in [-0.25, -0.2) is 0 Å². The van der Waals surface area contributed by atoms with Gasteiger partial charge in [0, 0.05) is 6.54 Å². The first-order valence-electron chi connectivity index (χ1n) is 7.12. The van der Waals surface area contributed by atoms with Crippen LogP contribution in [0.5, 0.6) is 17.8 Å². The number of ether oxygens (including phenoxy) is 2. The average Bonchev–Trinajstić information content (AvgIpc) is 2.95. The van der Waals surface area contributed by atoms with Crippen molar-refractivity contribution in [1.82, 2.24) is 15.0 Å². The highest BCUT2D eigenvalue weighted by Crippen LogP contribution is 2.28. The van der Waals surface area contributed by atoms with Gasteiger partial charge in [0.25, 0.3) is 0 Å². The number of nitrogens with one attached hydrogen (secondary N) is 1. The second kappa shape index (κ2) is 5.95. The molecule has 110 valence electrons. The molecule has 0 spiro atoms. The lowest BCUT2D eigenvalue weighted by atomic mass is 10.1. The highest BCUT2D eigenvalue weighted by atomic mass is 16.5. The van der Waals surface area contributed by atoms with Crippen molar-refractivity contribution in [2.75, 3.05) is 19.0 Å². The third kappa shape index (κ3) is 3.04. The van der Waals surface area contributed by atoms with Crippen LogP contribution in [-0.4, -0.2) is 28.6 Å². The van der Waals surface area contributed by atoms with Crippen LogP contribution in [0.25, 0.3) is 0 Å². The maximum absolute atomic E-state index is 5.75. The Morgan fingerprint density at radius 3 is 2.71 bits per heavy atom. The highest BCUT2D eigenvalue weighted by molar-refractivity contribution is 5.39. The van der Waals surface area contributed by atoms with E-state index in [9.17, 15) is 0 Å². The summed E-state index contributed by atoms with van der Waals surface area (Å²) in [6.45, 7) is 2.68. The molecule has 1 heterocycles. The van der Waals surface area contributed by atoms with Gasteiger partial charge < -0.3 is 14.8 Å². The summed E-state index contributed by atoms with van der Waals surface area (Å²) in [6.07, 6.45) is 3.47. The van der Waals surface area contributed by atoms with Crippen LogP contribution in [-0.2, 0) is 12.8 Å². The van der Waals surface area contributed by atoms with Gasteiger partial charge in [0.05, 0.1) is 7.11 Å². The monoisotopic (exact) mass is 286 g/mol. The average molecular weight is 286 g/mol. The summed E-state index contributed by atoms with van der Waals surface area (Å²) in [5.41, 5.74) is 2.75. The fraction of sp³-hybridized carbons (Fsp3) is 0.400. The van der Waals surface area contributed by atoms with E-state index >= 15 is 0 Å². The Labute approximate surface area is 123 Å². The third-order valence-electron chi connectivity index (χ3n) is 3.39. The van der Waals surface area contributed by atoms with Crippen LogP contribution in [0.3, 0.4) is 0 Å². The zero-order valence-corrected chi connectivity index (χ0v) is 12.2. The summed E-state index contributed by atoms with van der Waals surface area (Å²) in [4.78, 5) is 12.4. The lowest BCUT2D eigenvalue weighted by molar-refractivity contribution is 0.360. The molecule has 21 heavy (non-hydrogen) atoms. The summed E-state index contributed by atoms with van der Waals surface area (Å²) >= 11 is 0. The maximum Gasteiger partial charge on any atom is 0.330 e. The van der Waals surface area contributed by atoms with Gasteiger partial charge in [-0.05, 0) is 49.4 Å². The standard InChI is InChI=1S/C15H18N4O2/c1-3-16-13-17-14(20-2)19-15(18-13)21-12-8-7-10-5-4-6-11(10)9-12/h7-9H,3-6H2,1-2H3,(H,16,17,18,19). The number of aryl methyl sites for hydroxylation is 2. The number of hydrogen-bond donors (Lipinski definition) is 1. The van der Waals surface area contributed by atoms with Crippen molar-refractivity contribution >= 4 is 5.95 Å². The van der Waals surface area contributed by atoms with Crippen molar-refractivity contribution in [3.8, 4) is 17.8 Å². The molecule has 2 aromatic rings. The summed E-state index contributed by atoms with van der Waals surface area (Å²) in [5.74, 6) is 1.19. The number of fused-ring (bicyclic) bond motifs is 1. The van der Waals surface area contributed by atoms with Gasteiger partial charge in [0.15, 0.2) is 0 Å². The van der Waals surface area contributed by atoms with Crippen LogP contribution >= 0.6 is 0 Å². The molecule has 0 fully saturated rings. The van der Waals surface area contributed by atoms with E-state index in [1.54, 1.807) is 0 Å². The van der Waals surface area contributed by atoms with E-state index in [-0.39, 0.29) is 12.0 Å². The molecule has 1 aliphatic carbocycles. The second-order valence-electron chi connectivity index (χ2n) is 4.84. The van der Waals surface area contributed by atoms with Crippen molar-refractivity contribution in [1.29, 1.82) is 0 Å². The number of benzene rings is 1. The molecule has 0 radical (unpaired) electrons. The van der Waals surface area contributed by atoms with Crippen LogP contribution in [0.2, 0.25) is 0 Å². The molecule has 1 aromatic heterocycles. The van der Waals surface area contributed by atoms with Crippen molar-refractivity contribution < 1.29 is 9.47 Å². The van der Waals surface area contributed by atoms with Crippen molar-refractivity contribution in [2.45, 2.75) is 26.2 Å². The predicted octanol–water partition coefficient (Wildman–Crippen LogP) is 2.59. The molecule has 1 aromatic carbocycles. The first kappa shape index (κ1) is 13.6. The van der Waals surface area contributed by atoms with Crippen molar-refractivity contribution in [3.63, 3.8) is 0 Å². The molecule has 0 bridgehead atoms. The normalized spacial score (nSPS) is 12.9. The quantitative estimate of drug-likeness (QED) is 0.911. The largest absolute Gasteiger partial charge is 0.467 e. The molecule has 0 saturated heterocycles. The minimum Gasteiger partial charge on any atom is -0.467 e. The predicted molar refractivity (Wildman–Crippen MR) is 79.1 cm³/mol. The lowest BCUT2D eigenvalue weighted by Gasteiger charge is -2.08. The Morgan fingerprint density at radius 1 is 1.10 bits per heavy atom. The number of anilines is 1. The number of methoxy groups -OCH3 is 1. The molecule has 6 nitrogen and oxygen atoms in total. The van der Waals surface area contributed by atoms with E-state index in [1.807, 2.05) is 13.0 Å². The van der Waals surface area contributed by atoms with Crippen LogP contribution in [0, 0.1) is 0 Å². The van der Waals surface area contributed by atoms with Crippen molar-refractivity contribution in [3.05, 3.63) is 29.3 Å². The molecule has 0 amide bonds. The third-order valence-corrected chi connectivity index (χ3v) is 3.39. The van der Waals surface area contributed by atoms with Gasteiger partial charge in [-0.2, -0.15) is 9.97 Å². The smallest absolute Gasteiger partial charge is 0.330 e. The van der Waals surface area contributed by atoms with E-state index in [1.165, 1.54) is 24.7 Å². The van der Waals surface area contributed by atoms with E-state index < -0.39 is 0 Å². The number of rotatable bonds is 5. The zero-order chi connectivity index (χ0) is 14.7. The maximum atomic E-state index is 5.75. The fourth-order valence-corrected chi connectivity index (χ4v) is 2.43. The molecule has 1 aliphatic rings. The van der Waals surface area contributed by atoms with E-state index in [0.717, 1.165) is 18.6 Å².